The first-order valence-electron chi connectivity index (χ1n) is 8.77. The van der Waals surface area contributed by atoms with E-state index in [0.29, 0.717) is 24.3 Å². The summed E-state index contributed by atoms with van der Waals surface area (Å²) in [5.74, 6) is 0.990. The standard InChI is InChI=1S/C18H22N4O4/c23-17(24)12-26-14-6-4-5-13(11-14)18(25)19-9-8-16-21-20-15-7-2-1-3-10-22(15)16/h4-6,11H,1-3,7-10,12H2,(H,19,25)(H,23,24). The van der Waals surface area contributed by atoms with Gasteiger partial charge < -0.3 is 19.7 Å². The van der Waals surface area contributed by atoms with E-state index in [1.807, 2.05) is 0 Å². The van der Waals surface area contributed by atoms with Crippen LogP contribution in [0.4, 0.5) is 0 Å². The van der Waals surface area contributed by atoms with Gasteiger partial charge in [-0.25, -0.2) is 4.79 Å². The van der Waals surface area contributed by atoms with Crippen LogP contribution in [0, 0.1) is 0 Å². The molecule has 0 saturated carbocycles. The predicted molar refractivity (Wildman–Crippen MR) is 93.2 cm³/mol. The molecule has 8 heteroatoms. The number of fused-ring (bicyclic) bond motifs is 1. The van der Waals surface area contributed by atoms with Gasteiger partial charge in [-0.3, -0.25) is 4.79 Å². The van der Waals surface area contributed by atoms with Crippen LogP contribution in [0.15, 0.2) is 24.3 Å². The summed E-state index contributed by atoms with van der Waals surface area (Å²) in [4.78, 5) is 22.8. The van der Waals surface area contributed by atoms with E-state index in [1.54, 1.807) is 18.2 Å². The summed E-state index contributed by atoms with van der Waals surface area (Å²) in [6, 6.07) is 6.46. The number of ether oxygens (including phenoxy) is 1. The second kappa shape index (κ2) is 8.46. The molecule has 0 atom stereocenters. The molecular formula is C18H22N4O4. The number of hydrogen-bond acceptors (Lipinski definition) is 5. The number of benzene rings is 1. The molecule has 2 aromatic rings. The molecule has 0 radical (unpaired) electrons. The molecule has 0 fully saturated rings. The molecule has 0 spiro atoms. The van der Waals surface area contributed by atoms with E-state index in [2.05, 4.69) is 20.1 Å². The Hall–Kier alpha value is -2.90. The van der Waals surface area contributed by atoms with Crippen LogP contribution in [0.2, 0.25) is 0 Å². The van der Waals surface area contributed by atoms with Gasteiger partial charge in [0.2, 0.25) is 0 Å². The van der Waals surface area contributed by atoms with Gasteiger partial charge in [0.15, 0.2) is 6.61 Å². The zero-order chi connectivity index (χ0) is 18.4. The van der Waals surface area contributed by atoms with E-state index in [4.69, 9.17) is 9.84 Å². The Bertz CT molecular complexity index is 787. The first kappa shape index (κ1) is 17.9. The maximum Gasteiger partial charge on any atom is 0.341 e. The van der Waals surface area contributed by atoms with Crippen LogP contribution in [-0.2, 0) is 24.2 Å². The van der Waals surface area contributed by atoms with Crippen molar-refractivity contribution in [2.24, 2.45) is 0 Å². The van der Waals surface area contributed by atoms with Gasteiger partial charge in [-0.1, -0.05) is 12.5 Å². The van der Waals surface area contributed by atoms with Crippen molar-refractivity contribution in [2.45, 2.75) is 38.6 Å². The lowest BCUT2D eigenvalue weighted by atomic mass is 10.2. The summed E-state index contributed by atoms with van der Waals surface area (Å²) in [7, 11) is 0. The van der Waals surface area contributed by atoms with Crippen molar-refractivity contribution in [2.75, 3.05) is 13.2 Å². The molecule has 26 heavy (non-hydrogen) atoms. The molecule has 3 rings (SSSR count). The molecule has 1 aliphatic heterocycles. The van der Waals surface area contributed by atoms with Gasteiger partial charge in [-0.2, -0.15) is 0 Å². The lowest BCUT2D eigenvalue weighted by Gasteiger charge is -2.09. The lowest BCUT2D eigenvalue weighted by molar-refractivity contribution is -0.139. The summed E-state index contributed by atoms with van der Waals surface area (Å²) in [6.45, 7) is 0.953. The molecular weight excluding hydrogens is 336 g/mol. The van der Waals surface area contributed by atoms with Gasteiger partial charge in [0.05, 0.1) is 0 Å². The van der Waals surface area contributed by atoms with E-state index in [9.17, 15) is 9.59 Å². The SMILES string of the molecule is O=C(O)COc1cccc(C(=O)NCCc2nnc3n2CCCCC3)c1. The van der Waals surface area contributed by atoms with E-state index < -0.39 is 12.6 Å². The number of carbonyl (C=O) groups is 2. The Kier molecular flexibility index (Phi) is 5.83. The number of carbonyl (C=O) groups excluding carboxylic acids is 1. The molecule has 0 bridgehead atoms. The largest absolute Gasteiger partial charge is 0.482 e. The number of hydrogen-bond donors (Lipinski definition) is 2. The minimum atomic E-state index is -1.06. The van der Waals surface area contributed by atoms with Crippen molar-refractivity contribution in [3.05, 3.63) is 41.5 Å². The van der Waals surface area contributed by atoms with E-state index in [-0.39, 0.29) is 5.91 Å². The molecule has 0 unspecified atom stereocenters. The summed E-state index contributed by atoms with van der Waals surface area (Å²) in [5.41, 5.74) is 0.424. The molecule has 2 N–H and O–H groups in total. The number of aliphatic carboxylic acids is 1. The van der Waals surface area contributed by atoms with Crippen LogP contribution in [0.1, 0.15) is 41.3 Å². The Balaban J connectivity index is 1.54. The maximum atomic E-state index is 12.3. The fraction of sp³-hybridized carbons (Fsp3) is 0.444. The van der Waals surface area contributed by atoms with Crippen molar-refractivity contribution in [1.29, 1.82) is 0 Å². The zero-order valence-electron chi connectivity index (χ0n) is 14.5. The van der Waals surface area contributed by atoms with Crippen LogP contribution in [0.25, 0.3) is 0 Å². The third kappa shape index (κ3) is 4.59. The van der Waals surface area contributed by atoms with E-state index in [0.717, 1.165) is 37.5 Å². The molecule has 0 saturated heterocycles. The maximum absolute atomic E-state index is 12.3. The van der Waals surface area contributed by atoms with Gasteiger partial charge in [0.1, 0.15) is 17.4 Å². The molecule has 1 aromatic carbocycles. The fourth-order valence-corrected chi connectivity index (χ4v) is 2.99. The number of carboxylic acid groups (broad SMARTS) is 1. The smallest absolute Gasteiger partial charge is 0.341 e. The number of aryl methyl sites for hydroxylation is 1. The molecule has 8 nitrogen and oxygen atoms in total. The first-order valence-corrected chi connectivity index (χ1v) is 8.77. The zero-order valence-corrected chi connectivity index (χ0v) is 14.5. The van der Waals surface area contributed by atoms with Gasteiger partial charge in [-0.15, -0.1) is 10.2 Å². The van der Waals surface area contributed by atoms with E-state index >= 15 is 0 Å². The van der Waals surface area contributed by atoms with Crippen LogP contribution >= 0.6 is 0 Å². The number of amides is 1. The van der Waals surface area contributed by atoms with Crippen molar-refractivity contribution in [3.8, 4) is 5.75 Å². The summed E-state index contributed by atoms with van der Waals surface area (Å²) >= 11 is 0. The van der Waals surface area contributed by atoms with E-state index in [1.165, 1.54) is 12.5 Å². The average molecular weight is 358 g/mol. The van der Waals surface area contributed by atoms with Gasteiger partial charge >= 0.3 is 5.97 Å². The Labute approximate surface area is 151 Å². The Morgan fingerprint density at radius 3 is 2.96 bits per heavy atom. The van der Waals surface area contributed by atoms with Crippen LogP contribution < -0.4 is 10.1 Å². The van der Waals surface area contributed by atoms with Crippen molar-refractivity contribution < 1.29 is 19.4 Å². The number of aromatic nitrogens is 3. The average Bonchev–Trinajstić information content (AvgIpc) is 2.87. The second-order valence-electron chi connectivity index (χ2n) is 6.21. The highest BCUT2D eigenvalue weighted by Gasteiger charge is 2.15. The van der Waals surface area contributed by atoms with Gasteiger partial charge in [-0.05, 0) is 31.0 Å². The third-order valence-electron chi connectivity index (χ3n) is 4.28. The molecule has 0 aliphatic carbocycles. The normalized spacial score (nSPS) is 13.5. The second-order valence-corrected chi connectivity index (χ2v) is 6.21. The monoisotopic (exact) mass is 358 g/mol. The molecule has 138 valence electrons. The quantitative estimate of drug-likeness (QED) is 0.776. The number of carboxylic acids is 1. The highest BCUT2D eigenvalue weighted by Crippen LogP contribution is 2.15. The molecule has 1 aliphatic rings. The van der Waals surface area contributed by atoms with Crippen molar-refractivity contribution in [1.82, 2.24) is 20.1 Å². The highest BCUT2D eigenvalue weighted by atomic mass is 16.5. The predicted octanol–water partition coefficient (Wildman–Crippen LogP) is 1.44. The molecule has 2 heterocycles. The van der Waals surface area contributed by atoms with Crippen molar-refractivity contribution in [3.63, 3.8) is 0 Å². The van der Waals surface area contributed by atoms with Crippen LogP contribution in [0.3, 0.4) is 0 Å². The van der Waals surface area contributed by atoms with Gasteiger partial charge in [0.25, 0.3) is 5.91 Å². The minimum Gasteiger partial charge on any atom is -0.482 e. The van der Waals surface area contributed by atoms with Crippen LogP contribution in [-0.4, -0.2) is 44.9 Å². The number of nitrogens with zero attached hydrogens (tertiary/aromatic N) is 3. The molecule has 1 amide bonds. The van der Waals surface area contributed by atoms with Crippen LogP contribution in [0.5, 0.6) is 5.75 Å². The summed E-state index contributed by atoms with van der Waals surface area (Å²) < 4.78 is 7.26. The minimum absolute atomic E-state index is 0.235. The third-order valence-corrected chi connectivity index (χ3v) is 4.28. The Morgan fingerprint density at radius 1 is 1.23 bits per heavy atom. The Morgan fingerprint density at radius 2 is 2.12 bits per heavy atom. The summed E-state index contributed by atoms with van der Waals surface area (Å²) in [5, 5.41) is 20.0. The van der Waals surface area contributed by atoms with Crippen molar-refractivity contribution >= 4 is 11.9 Å². The first-order chi connectivity index (χ1) is 12.6. The van der Waals surface area contributed by atoms with Gasteiger partial charge in [0, 0.05) is 31.5 Å². The topological polar surface area (TPSA) is 106 Å². The number of rotatable bonds is 7. The number of nitrogens with one attached hydrogen (secondary N) is 1. The fourth-order valence-electron chi connectivity index (χ4n) is 2.99. The summed E-state index contributed by atoms with van der Waals surface area (Å²) in [6.07, 6.45) is 5.07. The molecule has 1 aromatic heterocycles. The lowest BCUT2D eigenvalue weighted by Crippen LogP contribution is -2.26. The highest BCUT2D eigenvalue weighted by molar-refractivity contribution is 5.94.